The van der Waals surface area contributed by atoms with Crippen LogP contribution in [0.3, 0.4) is 0 Å². The van der Waals surface area contributed by atoms with Crippen LogP contribution in [0, 0.1) is 6.92 Å². The average Bonchev–Trinajstić information content (AvgIpc) is 3.24. The van der Waals surface area contributed by atoms with Crippen LogP contribution in [0.1, 0.15) is 36.0 Å². The van der Waals surface area contributed by atoms with Gasteiger partial charge >= 0.3 is 0 Å². The standard InChI is InChI=1S/C15H18N4O3/c1-3-10-6-11(22-19-10)8-16-15(20)13-7-12(17-18-13)14-5-4-9(2)21-14/h4-5,7,11H,3,6,8H2,1-2H3,(H,16,20)(H,17,18). The fraction of sp³-hybridized carbons (Fsp3) is 0.400. The van der Waals surface area contributed by atoms with Gasteiger partial charge in [0.15, 0.2) is 11.5 Å². The van der Waals surface area contributed by atoms with Crippen LogP contribution in [0.2, 0.25) is 0 Å². The van der Waals surface area contributed by atoms with Crippen LogP contribution in [-0.2, 0) is 4.84 Å². The molecule has 0 radical (unpaired) electrons. The van der Waals surface area contributed by atoms with Gasteiger partial charge in [0.1, 0.15) is 17.6 Å². The average molecular weight is 302 g/mol. The van der Waals surface area contributed by atoms with Gasteiger partial charge in [0, 0.05) is 12.5 Å². The van der Waals surface area contributed by atoms with Gasteiger partial charge in [-0.15, -0.1) is 0 Å². The van der Waals surface area contributed by atoms with Gasteiger partial charge in [-0.25, -0.2) is 0 Å². The summed E-state index contributed by atoms with van der Waals surface area (Å²) in [6.45, 7) is 4.31. The molecule has 0 spiro atoms. The van der Waals surface area contributed by atoms with Crippen molar-refractivity contribution in [3.05, 3.63) is 29.7 Å². The normalized spacial score (nSPS) is 17.2. The van der Waals surface area contributed by atoms with Crippen LogP contribution < -0.4 is 5.32 Å². The Labute approximate surface area is 127 Å². The number of aromatic amines is 1. The molecule has 3 rings (SSSR count). The maximum Gasteiger partial charge on any atom is 0.271 e. The summed E-state index contributed by atoms with van der Waals surface area (Å²) < 4.78 is 5.49. The molecule has 1 unspecified atom stereocenters. The summed E-state index contributed by atoms with van der Waals surface area (Å²) in [5.41, 5.74) is 2.01. The molecule has 2 aromatic rings. The van der Waals surface area contributed by atoms with Crippen molar-refractivity contribution in [3.8, 4) is 11.5 Å². The van der Waals surface area contributed by atoms with Crippen molar-refractivity contribution >= 4 is 11.6 Å². The third-order valence-electron chi connectivity index (χ3n) is 3.51. The molecule has 2 N–H and O–H groups in total. The molecular formula is C15H18N4O3. The van der Waals surface area contributed by atoms with Crippen molar-refractivity contribution in [1.82, 2.24) is 15.5 Å². The molecular weight excluding hydrogens is 284 g/mol. The van der Waals surface area contributed by atoms with Crippen LogP contribution in [-0.4, -0.2) is 34.5 Å². The Bertz CT molecular complexity index is 701. The Hall–Kier alpha value is -2.57. The summed E-state index contributed by atoms with van der Waals surface area (Å²) >= 11 is 0. The summed E-state index contributed by atoms with van der Waals surface area (Å²) in [4.78, 5) is 17.3. The summed E-state index contributed by atoms with van der Waals surface area (Å²) in [5.74, 6) is 1.21. The predicted molar refractivity (Wildman–Crippen MR) is 80.6 cm³/mol. The second-order valence-corrected chi connectivity index (χ2v) is 5.23. The summed E-state index contributed by atoms with van der Waals surface area (Å²) in [6.07, 6.45) is 1.54. The number of aromatic nitrogens is 2. The van der Waals surface area contributed by atoms with Crippen LogP contribution >= 0.6 is 0 Å². The van der Waals surface area contributed by atoms with Gasteiger partial charge in [-0.1, -0.05) is 12.1 Å². The Morgan fingerprint density at radius 3 is 3.05 bits per heavy atom. The fourth-order valence-electron chi connectivity index (χ4n) is 2.25. The highest BCUT2D eigenvalue weighted by Crippen LogP contribution is 2.20. The maximum atomic E-state index is 12.1. The van der Waals surface area contributed by atoms with Crippen LogP contribution in [0.15, 0.2) is 27.8 Å². The first-order valence-corrected chi connectivity index (χ1v) is 7.27. The van der Waals surface area contributed by atoms with E-state index in [1.165, 1.54) is 0 Å². The minimum Gasteiger partial charge on any atom is -0.460 e. The molecule has 0 saturated carbocycles. The predicted octanol–water partition coefficient (Wildman–Crippen LogP) is 2.26. The van der Waals surface area contributed by atoms with Crippen molar-refractivity contribution < 1.29 is 14.0 Å². The van der Waals surface area contributed by atoms with Crippen molar-refractivity contribution in [2.45, 2.75) is 32.8 Å². The molecule has 0 aliphatic carbocycles. The maximum absolute atomic E-state index is 12.1. The lowest BCUT2D eigenvalue weighted by molar-refractivity contribution is 0.0751. The van der Waals surface area contributed by atoms with Gasteiger partial charge < -0.3 is 14.6 Å². The molecule has 7 heteroatoms. The lowest BCUT2D eigenvalue weighted by Gasteiger charge is -2.08. The van der Waals surface area contributed by atoms with E-state index in [1.807, 2.05) is 26.0 Å². The zero-order valence-corrected chi connectivity index (χ0v) is 12.5. The quantitative estimate of drug-likeness (QED) is 0.886. The van der Waals surface area contributed by atoms with E-state index in [0.717, 1.165) is 24.3 Å². The number of carbonyl (C=O) groups is 1. The van der Waals surface area contributed by atoms with E-state index in [2.05, 4.69) is 20.7 Å². The van der Waals surface area contributed by atoms with E-state index in [4.69, 9.17) is 9.25 Å². The Kier molecular flexibility index (Phi) is 3.95. The number of hydrogen-bond acceptors (Lipinski definition) is 5. The first-order chi connectivity index (χ1) is 10.7. The lowest BCUT2D eigenvalue weighted by Crippen LogP contribution is -2.32. The molecule has 1 atom stereocenters. The van der Waals surface area contributed by atoms with Crippen LogP contribution in [0.25, 0.3) is 11.5 Å². The number of carbonyl (C=O) groups excluding carboxylic acids is 1. The molecule has 3 heterocycles. The highest BCUT2D eigenvalue weighted by atomic mass is 16.6. The number of amides is 1. The van der Waals surface area contributed by atoms with Crippen molar-refractivity contribution in [1.29, 1.82) is 0 Å². The molecule has 0 bridgehead atoms. The highest BCUT2D eigenvalue weighted by Gasteiger charge is 2.21. The molecule has 1 aliphatic rings. The van der Waals surface area contributed by atoms with E-state index in [0.29, 0.717) is 23.7 Å². The number of H-pyrrole nitrogens is 1. The summed E-state index contributed by atoms with van der Waals surface area (Å²) in [5, 5.41) is 13.6. The number of rotatable bonds is 5. The SMILES string of the molecule is CCC1=NOC(CNC(=O)c2cc(-c3ccc(C)o3)[nH]n2)C1. The Morgan fingerprint density at radius 1 is 1.50 bits per heavy atom. The zero-order chi connectivity index (χ0) is 15.5. The van der Waals surface area contributed by atoms with Gasteiger partial charge in [-0.2, -0.15) is 5.10 Å². The number of nitrogens with zero attached hydrogens (tertiary/aromatic N) is 2. The monoisotopic (exact) mass is 302 g/mol. The topological polar surface area (TPSA) is 92.5 Å². The first kappa shape index (κ1) is 14.4. The van der Waals surface area contributed by atoms with Crippen LogP contribution in [0.5, 0.6) is 0 Å². The third kappa shape index (κ3) is 3.03. The number of furan rings is 1. The van der Waals surface area contributed by atoms with E-state index in [9.17, 15) is 4.79 Å². The third-order valence-corrected chi connectivity index (χ3v) is 3.51. The summed E-state index contributed by atoms with van der Waals surface area (Å²) in [6, 6.07) is 5.36. The van der Waals surface area contributed by atoms with Crippen LogP contribution in [0.4, 0.5) is 0 Å². The van der Waals surface area contributed by atoms with E-state index >= 15 is 0 Å². The highest BCUT2D eigenvalue weighted by molar-refractivity contribution is 5.93. The minimum atomic E-state index is -0.251. The minimum absolute atomic E-state index is 0.0926. The van der Waals surface area contributed by atoms with E-state index < -0.39 is 0 Å². The van der Waals surface area contributed by atoms with Crippen molar-refractivity contribution in [2.75, 3.05) is 6.54 Å². The second-order valence-electron chi connectivity index (χ2n) is 5.23. The zero-order valence-electron chi connectivity index (χ0n) is 12.5. The fourth-order valence-corrected chi connectivity index (χ4v) is 2.25. The molecule has 0 fully saturated rings. The first-order valence-electron chi connectivity index (χ1n) is 7.27. The van der Waals surface area contributed by atoms with E-state index in [1.54, 1.807) is 6.07 Å². The molecule has 116 valence electrons. The van der Waals surface area contributed by atoms with Gasteiger partial charge in [0.05, 0.1) is 12.3 Å². The lowest BCUT2D eigenvalue weighted by atomic mass is 10.1. The van der Waals surface area contributed by atoms with Gasteiger partial charge in [-0.05, 0) is 25.5 Å². The van der Waals surface area contributed by atoms with Gasteiger partial charge in [0.2, 0.25) is 0 Å². The molecule has 7 nitrogen and oxygen atoms in total. The number of oxime groups is 1. The van der Waals surface area contributed by atoms with Crippen molar-refractivity contribution in [2.24, 2.45) is 5.16 Å². The van der Waals surface area contributed by atoms with E-state index in [-0.39, 0.29) is 12.0 Å². The second kappa shape index (κ2) is 6.05. The molecule has 1 aliphatic heterocycles. The Morgan fingerprint density at radius 2 is 2.36 bits per heavy atom. The van der Waals surface area contributed by atoms with Crippen molar-refractivity contribution in [3.63, 3.8) is 0 Å². The number of hydrogen-bond donors (Lipinski definition) is 2. The van der Waals surface area contributed by atoms with Gasteiger partial charge in [-0.3, -0.25) is 9.89 Å². The van der Waals surface area contributed by atoms with Gasteiger partial charge in [0.25, 0.3) is 5.91 Å². The molecule has 0 aromatic carbocycles. The summed E-state index contributed by atoms with van der Waals surface area (Å²) in [7, 11) is 0. The largest absolute Gasteiger partial charge is 0.460 e. The smallest absolute Gasteiger partial charge is 0.271 e. The number of nitrogens with one attached hydrogen (secondary N) is 2. The molecule has 0 saturated heterocycles. The molecule has 1 amide bonds. The molecule has 22 heavy (non-hydrogen) atoms. The Balaban J connectivity index is 1.56. The molecule has 2 aromatic heterocycles. The number of aryl methyl sites for hydroxylation is 1.